The molecule has 4 rings (SSSR count). The van der Waals surface area contributed by atoms with Crippen LogP contribution in [0.5, 0.6) is 5.88 Å². The first-order valence-electron chi connectivity index (χ1n) is 10.7. The Bertz CT molecular complexity index is 780. The maximum absolute atomic E-state index is 6.15. The predicted molar refractivity (Wildman–Crippen MR) is 112 cm³/mol. The van der Waals surface area contributed by atoms with Gasteiger partial charge in [-0.05, 0) is 58.3 Å². The SMILES string of the molecule is Cc1nc(C)c2c(n1)OC(CN1CCCN(CCCc3ccccc3)CC1)C2. The highest BCUT2D eigenvalue weighted by atomic mass is 16.5. The summed E-state index contributed by atoms with van der Waals surface area (Å²) in [4.78, 5) is 14.2. The number of aromatic nitrogens is 2. The molecule has 0 amide bonds. The van der Waals surface area contributed by atoms with Crippen LogP contribution in [-0.4, -0.2) is 65.1 Å². The fourth-order valence-corrected chi connectivity index (χ4v) is 4.44. The third-order valence-electron chi connectivity index (χ3n) is 5.92. The highest BCUT2D eigenvalue weighted by Crippen LogP contribution is 2.29. The molecule has 1 unspecified atom stereocenters. The van der Waals surface area contributed by atoms with Gasteiger partial charge in [-0.1, -0.05) is 30.3 Å². The largest absolute Gasteiger partial charge is 0.472 e. The zero-order valence-corrected chi connectivity index (χ0v) is 17.2. The Hall–Kier alpha value is -1.98. The molecule has 1 atom stereocenters. The molecule has 0 N–H and O–H groups in total. The monoisotopic (exact) mass is 380 g/mol. The molecule has 2 aromatic rings. The first-order chi connectivity index (χ1) is 13.7. The van der Waals surface area contributed by atoms with Crippen molar-refractivity contribution < 1.29 is 4.74 Å². The van der Waals surface area contributed by atoms with E-state index in [1.54, 1.807) is 0 Å². The molecule has 0 spiro atoms. The second-order valence-corrected chi connectivity index (χ2v) is 8.17. The third kappa shape index (κ3) is 4.89. The molecule has 150 valence electrons. The van der Waals surface area contributed by atoms with E-state index in [1.165, 1.54) is 43.5 Å². The number of ether oxygens (including phenoxy) is 1. The predicted octanol–water partition coefficient (Wildman–Crippen LogP) is 3.04. The van der Waals surface area contributed by atoms with Crippen molar-refractivity contribution >= 4 is 0 Å². The van der Waals surface area contributed by atoms with Crippen LogP contribution < -0.4 is 4.74 Å². The molecule has 0 radical (unpaired) electrons. The molecular formula is C23H32N4O. The Kier molecular flexibility index (Phi) is 6.23. The van der Waals surface area contributed by atoms with Crippen LogP contribution in [-0.2, 0) is 12.8 Å². The van der Waals surface area contributed by atoms with Gasteiger partial charge in [0.2, 0.25) is 5.88 Å². The van der Waals surface area contributed by atoms with E-state index in [1.807, 2.05) is 6.92 Å². The van der Waals surface area contributed by atoms with Crippen LogP contribution in [0.1, 0.15) is 35.5 Å². The number of hydrogen-bond donors (Lipinski definition) is 0. The van der Waals surface area contributed by atoms with Crippen molar-refractivity contribution in [2.45, 2.75) is 45.6 Å². The van der Waals surface area contributed by atoms with Gasteiger partial charge in [-0.2, -0.15) is 4.98 Å². The Morgan fingerprint density at radius 2 is 1.79 bits per heavy atom. The van der Waals surface area contributed by atoms with Gasteiger partial charge >= 0.3 is 0 Å². The number of fused-ring (bicyclic) bond motifs is 1. The Morgan fingerprint density at radius 3 is 2.64 bits per heavy atom. The second-order valence-electron chi connectivity index (χ2n) is 8.17. The smallest absolute Gasteiger partial charge is 0.220 e. The van der Waals surface area contributed by atoms with Crippen LogP contribution in [0.3, 0.4) is 0 Å². The van der Waals surface area contributed by atoms with Crippen LogP contribution in [0.15, 0.2) is 30.3 Å². The minimum absolute atomic E-state index is 0.217. The minimum Gasteiger partial charge on any atom is -0.472 e. The van der Waals surface area contributed by atoms with Gasteiger partial charge in [-0.15, -0.1) is 0 Å². The summed E-state index contributed by atoms with van der Waals surface area (Å²) in [6, 6.07) is 10.8. The van der Waals surface area contributed by atoms with E-state index in [9.17, 15) is 0 Å². The number of rotatable bonds is 6. The molecule has 1 fully saturated rings. The van der Waals surface area contributed by atoms with Gasteiger partial charge in [0.1, 0.15) is 11.9 Å². The molecule has 5 nitrogen and oxygen atoms in total. The molecule has 0 saturated carbocycles. The Balaban J connectivity index is 1.22. The molecule has 1 aromatic carbocycles. The molecule has 1 saturated heterocycles. The van der Waals surface area contributed by atoms with E-state index in [4.69, 9.17) is 4.74 Å². The molecule has 0 aliphatic carbocycles. The van der Waals surface area contributed by atoms with E-state index >= 15 is 0 Å². The lowest BCUT2D eigenvalue weighted by Crippen LogP contribution is -2.37. The lowest BCUT2D eigenvalue weighted by atomic mass is 10.1. The lowest BCUT2D eigenvalue weighted by Gasteiger charge is -2.24. The van der Waals surface area contributed by atoms with Gasteiger partial charge in [-0.3, -0.25) is 4.90 Å². The summed E-state index contributed by atoms with van der Waals surface area (Å²) in [6.45, 7) is 10.9. The van der Waals surface area contributed by atoms with Crippen molar-refractivity contribution in [1.82, 2.24) is 19.8 Å². The molecule has 1 aromatic heterocycles. The lowest BCUT2D eigenvalue weighted by molar-refractivity contribution is 0.148. The summed E-state index contributed by atoms with van der Waals surface area (Å²) in [6.07, 6.45) is 4.81. The first kappa shape index (κ1) is 19.3. The van der Waals surface area contributed by atoms with E-state index in [-0.39, 0.29) is 6.10 Å². The normalized spacial score (nSPS) is 20.6. The summed E-state index contributed by atoms with van der Waals surface area (Å²) in [7, 11) is 0. The van der Waals surface area contributed by atoms with Gasteiger partial charge in [-0.25, -0.2) is 4.98 Å². The fraction of sp³-hybridized carbons (Fsp3) is 0.565. The Labute approximate surface area is 168 Å². The van der Waals surface area contributed by atoms with Gasteiger partial charge < -0.3 is 9.64 Å². The maximum Gasteiger partial charge on any atom is 0.220 e. The van der Waals surface area contributed by atoms with Crippen molar-refractivity contribution in [2.24, 2.45) is 0 Å². The summed E-state index contributed by atoms with van der Waals surface area (Å²) in [5, 5.41) is 0. The van der Waals surface area contributed by atoms with Crippen LogP contribution in [0.25, 0.3) is 0 Å². The molecule has 3 heterocycles. The highest BCUT2D eigenvalue weighted by Gasteiger charge is 2.29. The van der Waals surface area contributed by atoms with Crippen LogP contribution in [0.2, 0.25) is 0 Å². The molecule has 2 aliphatic rings. The maximum atomic E-state index is 6.15. The molecular weight excluding hydrogens is 348 g/mol. The second kappa shape index (κ2) is 9.01. The molecule has 2 aliphatic heterocycles. The van der Waals surface area contributed by atoms with Crippen molar-refractivity contribution in [1.29, 1.82) is 0 Å². The fourth-order valence-electron chi connectivity index (χ4n) is 4.44. The summed E-state index contributed by atoms with van der Waals surface area (Å²) in [5.41, 5.74) is 3.73. The average Bonchev–Trinajstić information content (AvgIpc) is 2.95. The zero-order valence-electron chi connectivity index (χ0n) is 17.2. The zero-order chi connectivity index (χ0) is 19.3. The summed E-state index contributed by atoms with van der Waals surface area (Å²) >= 11 is 0. The van der Waals surface area contributed by atoms with Crippen molar-refractivity contribution in [2.75, 3.05) is 39.3 Å². The van der Waals surface area contributed by atoms with E-state index in [2.05, 4.69) is 57.0 Å². The van der Waals surface area contributed by atoms with Gasteiger partial charge in [0.05, 0.1) is 0 Å². The average molecular weight is 381 g/mol. The van der Waals surface area contributed by atoms with Crippen LogP contribution in [0.4, 0.5) is 0 Å². The standard InChI is InChI=1S/C23H32N4O/c1-18-22-16-21(28-23(22)25-19(2)24-18)17-27-13-7-12-26(14-15-27)11-6-10-20-8-4-3-5-9-20/h3-5,8-9,21H,6-7,10-17H2,1-2H3. The minimum atomic E-state index is 0.217. The summed E-state index contributed by atoms with van der Waals surface area (Å²) in [5.74, 6) is 1.62. The van der Waals surface area contributed by atoms with Gasteiger partial charge in [0, 0.05) is 37.3 Å². The van der Waals surface area contributed by atoms with Crippen molar-refractivity contribution in [3.63, 3.8) is 0 Å². The number of aryl methyl sites for hydroxylation is 3. The van der Waals surface area contributed by atoms with Crippen molar-refractivity contribution in [3.05, 3.63) is 53.0 Å². The number of benzene rings is 1. The molecule has 28 heavy (non-hydrogen) atoms. The molecule has 5 heteroatoms. The van der Waals surface area contributed by atoms with Crippen molar-refractivity contribution in [3.8, 4) is 5.88 Å². The van der Waals surface area contributed by atoms with Gasteiger partial charge in [0.25, 0.3) is 0 Å². The first-order valence-corrected chi connectivity index (χ1v) is 10.7. The topological polar surface area (TPSA) is 41.5 Å². The summed E-state index contributed by atoms with van der Waals surface area (Å²) < 4.78 is 6.15. The Morgan fingerprint density at radius 1 is 1.00 bits per heavy atom. The van der Waals surface area contributed by atoms with Crippen LogP contribution in [0, 0.1) is 13.8 Å². The van der Waals surface area contributed by atoms with Gasteiger partial charge in [0.15, 0.2) is 0 Å². The van der Waals surface area contributed by atoms with E-state index in [0.717, 1.165) is 50.0 Å². The highest BCUT2D eigenvalue weighted by molar-refractivity contribution is 5.34. The van der Waals surface area contributed by atoms with Crippen LogP contribution >= 0.6 is 0 Å². The number of nitrogens with zero attached hydrogens (tertiary/aromatic N) is 4. The number of hydrogen-bond acceptors (Lipinski definition) is 5. The third-order valence-corrected chi connectivity index (χ3v) is 5.92. The van der Waals surface area contributed by atoms with E-state index < -0.39 is 0 Å². The quantitative estimate of drug-likeness (QED) is 0.770. The van der Waals surface area contributed by atoms with E-state index in [0.29, 0.717) is 0 Å². The molecule has 0 bridgehead atoms.